The number of carbonyl (C=O) groups is 3. The Bertz CT molecular complexity index is 1040. The van der Waals surface area contributed by atoms with Crippen LogP contribution in [0.25, 0.3) is 6.08 Å². The fraction of sp³-hybridized carbons (Fsp3) is 0.227. The van der Waals surface area contributed by atoms with E-state index in [0.717, 1.165) is 0 Å². The molecule has 31 heavy (non-hydrogen) atoms. The van der Waals surface area contributed by atoms with E-state index >= 15 is 0 Å². The third-order valence-electron chi connectivity index (χ3n) is 4.41. The van der Waals surface area contributed by atoms with Gasteiger partial charge < -0.3 is 14.2 Å². The van der Waals surface area contributed by atoms with E-state index in [1.807, 2.05) is 6.07 Å². The molecular formula is C22H21BrN2O6. The van der Waals surface area contributed by atoms with Gasteiger partial charge in [0.2, 0.25) is 0 Å². The van der Waals surface area contributed by atoms with Crippen molar-refractivity contribution in [2.45, 2.75) is 20.0 Å². The number of rotatable bonds is 7. The summed E-state index contributed by atoms with van der Waals surface area (Å²) >= 11 is 3.42. The first-order chi connectivity index (χ1) is 14.8. The average Bonchev–Trinajstić information content (AvgIpc) is 3.04. The first-order valence-corrected chi connectivity index (χ1v) is 10.3. The molecule has 1 aliphatic heterocycles. The highest BCUT2D eigenvalue weighted by atomic mass is 79.9. The first-order valence-electron chi connectivity index (χ1n) is 9.48. The van der Waals surface area contributed by atoms with E-state index in [2.05, 4.69) is 21.4 Å². The molecular weight excluding hydrogens is 468 g/mol. The zero-order valence-corrected chi connectivity index (χ0v) is 18.8. The number of anilines is 1. The van der Waals surface area contributed by atoms with Crippen molar-refractivity contribution in [3.05, 3.63) is 58.1 Å². The minimum absolute atomic E-state index is 0.0276. The lowest BCUT2D eigenvalue weighted by Crippen LogP contribution is -2.35. The van der Waals surface area contributed by atoms with Crippen molar-refractivity contribution >= 4 is 45.5 Å². The number of amides is 2. The van der Waals surface area contributed by atoms with Gasteiger partial charge in [0.25, 0.3) is 11.8 Å². The second-order valence-corrected chi connectivity index (χ2v) is 7.37. The van der Waals surface area contributed by atoms with Gasteiger partial charge in [0.15, 0.2) is 17.6 Å². The van der Waals surface area contributed by atoms with Crippen molar-refractivity contribution in [2.75, 3.05) is 18.7 Å². The van der Waals surface area contributed by atoms with Crippen molar-refractivity contribution in [1.82, 2.24) is 5.43 Å². The van der Waals surface area contributed by atoms with Gasteiger partial charge in [0, 0.05) is 4.47 Å². The molecule has 1 saturated heterocycles. The summed E-state index contributed by atoms with van der Waals surface area (Å²) in [5.74, 6) is -0.849. The quantitative estimate of drug-likeness (QED) is 0.365. The zero-order chi connectivity index (χ0) is 22.5. The molecule has 1 atom stereocenters. The van der Waals surface area contributed by atoms with Crippen molar-refractivity contribution in [2.24, 2.45) is 0 Å². The van der Waals surface area contributed by atoms with Crippen LogP contribution in [-0.2, 0) is 19.1 Å². The monoisotopic (exact) mass is 488 g/mol. The van der Waals surface area contributed by atoms with Crippen LogP contribution in [0.15, 0.2) is 52.5 Å². The SMILES string of the molecule is CCOC(=O)C(C)Oc1cc(Br)c(C=C2C(=O)NN(c3ccccc3)C2=O)cc1OC. The van der Waals surface area contributed by atoms with Gasteiger partial charge in [-0.25, -0.2) is 9.80 Å². The summed E-state index contributed by atoms with van der Waals surface area (Å²) in [7, 11) is 1.45. The molecule has 162 valence electrons. The van der Waals surface area contributed by atoms with Crippen molar-refractivity contribution in [3.8, 4) is 11.5 Å². The molecule has 0 aromatic heterocycles. The topological polar surface area (TPSA) is 94.2 Å². The number of nitrogens with zero attached hydrogens (tertiary/aromatic N) is 1. The summed E-state index contributed by atoms with van der Waals surface area (Å²) in [5, 5.41) is 1.19. The molecule has 2 aromatic rings. The molecule has 0 saturated carbocycles. The standard InChI is InChI=1S/C22H21BrN2O6/c1-4-30-22(28)13(2)31-19-12-17(23)14(11-18(19)29-3)10-16-20(26)24-25(21(16)27)15-8-6-5-7-9-15/h5-13H,4H2,1-3H3,(H,24,26). The molecule has 2 aromatic carbocycles. The van der Waals surface area contributed by atoms with Gasteiger partial charge in [-0.05, 0) is 49.8 Å². The van der Waals surface area contributed by atoms with Gasteiger partial charge in [0.1, 0.15) is 5.57 Å². The molecule has 0 spiro atoms. The average molecular weight is 489 g/mol. The van der Waals surface area contributed by atoms with E-state index in [4.69, 9.17) is 14.2 Å². The maximum Gasteiger partial charge on any atom is 0.347 e. The largest absolute Gasteiger partial charge is 0.493 e. The molecule has 2 amide bonds. The van der Waals surface area contributed by atoms with Gasteiger partial charge in [0.05, 0.1) is 19.4 Å². The summed E-state index contributed by atoms with van der Waals surface area (Å²) in [6.07, 6.45) is 0.623. The number of carbonyl (C=O) groups excluding carboxylic acids is 3. The maximum absolute atomic E-state index is 12.8. The van der Waals surface area contributed by atoms with E-state index in [0.29, 0.717) is 27.2 Å². The number of methoxy groups -OCH3 is 1. The van der Waals surface area contributed by atoms with Crippen molar-refractivity contribution in [1.29, 1.82) is 0 Å². The lowest BCUT2D eigenvalue weighted by atomic mass is 10.1. The predicted octanol–water partition coefficient (Wildman–Crippen LogP) is 3.25. The third-order valence-corrected chi connectivity index (χ3v) is 5.10. The highest BCUT2D eigenvalue weighted by molar-refractivity contribution is 9.10. The van der Waals surface area contributed by atoms with Gasteiger partial charge >= 0.3 is 5.97 Å². The number of hydrogen-bond donors (Lipinski definition) is 1. The number of ether oxygens (including phenoxy) is 3. The molecule has 3 rings (SSSR count). The lowest BCUT2D eigenvalue weighted by molar-refractivity contribution is -0.150. The Kier molecular flexibility index (Phi) is 6.96. The van der Waals surface area contributed by atoms with Crippen molar-refractivity contribution in [3.63, 3.8) is 0 Å². The van der Waals surface area contributed by atoms with Gasteiger partial charge in [-0.1, -0.05) is 34.1 Å². The summed E-state index contributed by atoms with van der Waals surface area (Å²) in [5.41, 5.74) is 3.61. The van der Waals surface area contributed by atoms with Crippen LogP contribution < -0.4 is 19.9 Å². The summed E-state index contributed by atoms with van der Waals surface area (Å²) < 4.78 is 16.5. The fourth-order valence-electron chi connectivity index (χ4n) is 2.88. The second-order valence-electron chi connectivity index (χ2n) is 6.51. The Labute approximate surface area is 187 Å². The fourth-order valence-corrected chi connectivity index (χ4v) is 3.32. The molecule has 9 heteroatoms. The highest BCUT2D eigenvalue weighted by Gasteiger charge is 2.34. The van der Waals surface area contributed by atoms with E-state index in [1.54, 1.807) is 50.2 Å². The number of nitrogens with one attached hydrogen (secondary N) is 1. The zero-order valence-electron chi connectivity index (χ0n) is 17.2. The van der Waals surface area contributed by atoms with E-state index < -0.39 is 23.9 Å². The Morgan fingerprint density at radius 1 is 1.19 bits per heavy atom. The van der Waals surface area contributed by atoms with Gasteiger partial charge in [-0.15, -0.1) is 0 Å². The van der Waals surface area contributed by atoms with Crippen molar-refractivity contribution < 1.29 is 28.6 Å². The number of benzene rings is 2. The van der Waals surface area contributed by atoms with Crippen LogP contribution in [-0.4, -0.2) is 37.6 Å². The molecule has 1 N–H and O–H groups in total. The van der Waals surface area contributed by atoms with E-state index in [-0.39, 0.29) is 12.2 Å². The number of para-hydroxylation sites is 1. The van der Waals surface area contributed by atoms with Gasteiger partial charge in [-0.3, -0.25) is 15.0 Å². The minimum Gasteiger partial charge on any atom is -0.493 e. The molecule has 0 radical (unpaired) electrons. The van der Waals surface area contributed by atoms with Crippen LogP contribution in [0.4, 0.5) is 5.69 Å². The molecule has 0 aliphatic carbocycles. The van der Waals surface area contributed by atoms with Crippen LogP contribution in [0.1, 0.15) is 19.4 Å². The summed E-state index contributed by atoms with van der Waals surface area (Å²) in [6.45, 7) is 3.53. The predicted molar refractivity (Wildman–Crippen MR) is 117 cm³/mol. The molecule has 1 fully saturated rings. The Morgan fingerprint density at radius 3 is 2.55 bits per heavy atom. The van der Waals surface area contributed by atoms with Crippen LogP contribution in [0.2, 0.25) is 0 Å². The van der Waals surface area contributed by atoms with Crippen LogP contribution in [0, 0.1) is 0 Å². The number of esters is 1. The van der Waals surface area contributed by atoms with Crippen LogP contribution >= 0.6 is 15.9 Å². The highest BCUT2D eigenvalue weighted by Crippen LogP contribution is 2.36. The lowest BCUT2D eigenvalue weighted by Gasteiger charge is -2.17. The Hall–Kier alpha value is -3.33. The molecule has 1 aliphatic rings. The van der Waals surface area contributed by atoms with Crippen LogP contribution in [0.3, 0.4) is 0 Å². The maximum atomic E-state index is 12.8. The van der Waals surface area contributed by atoms with E-state index in [1.165, 1.54) is 18.2 Å². The Balaban J connectivity index is 1.89. The molecule has 8 nitrogen and oxygen atoms in total. The number of hydrogen-bond acceptors (Lipinski definition) is 6. The Morgan fingerprint density at radius 2 is 1.90 bits per heavy atom. The molecule has 0 bridgehead atoms. The van der Waals surface area contributed by atoms with Crippen LogP contribution in [0.5, 0.6) is 11.5 Å². The molecule has 1 unspecified atom stereocenters. The normalized spacial score (nSPS) is 15.6. The number of halogens is 1. The number of hydrazine groups is 1. The van der Waals surface area contributed by atoms with E-state index in [9.17, 15) is 14.4 Å². The third kappa shape index (κ3) is 4.88. The minimum atomic E-state index is -0.841. The summed E-state index contributed by atoms with van der Waals surface area (Å²) in [4.78, 5) is 37.1. The molecule has 1 heterocycles. The van der Waals surface area contributed by atoms with Gasteiger partial charge in [-0.2, -0.15) is 0 Å². The smallest absolute Gasteiger partial charge is 0.347 e. The first kappa shape index (κ1) is 22.4. The second kappa shape index (κ2) is 9.65. The summed E-state index contributed by atoms with van der Waals surface area (Å²) in [6, 6.07) is 12.0.